The molecule has 0 spiro atoms. The van der Waals surface area contributed by atoms with Gasteiger partial charge in [0.05, 0.1) is 5.56 Å². The van der Waals surface area contributed by atoms with Gasteiger partial charge in [0.2, 0.25) is 0 Å². The van der Waals surface area contributed by atoms with Crippen molar-refractivity contribution in [3.05, 3.63) is 65.2 Å². The highest BCUT2D eigenvalue weighted by molar-refractivity contribution is 5.55. The second-order valence-electron chi connectivity index (χ2n) is 4.75. The summed E-state index contributed by atoms with van der Waals surface area (Å²) >= 11 is 0. The van der Waals surface area contributed by atoms with Crippen molar-refractivity contribution in [3.8, 4) is 11.4 Å². The fraction of sp³-hybridized carbons (Fsp3) is 0.0667. The molecular formula is C15H11F3N4. The first-order chi connectivity index (χ1) is 10.5. The molecule has 1 aromatic heterocycles. The second-order valence-corrected chi connectivity index (χ2v) is 4.75. The molecule has 0 saturated heterocycles. The number of aromatic nitrogens is 3. The van der Waals surface area contributed by atoms with E-state index in [0.29, 0.717) is 17.9 Å². The lowest BCUT2D eigenvalue weighted by molar-refractivity contribution is 0.448. The molecule has 3 N–H and O–H groups in total. The highest BCUT2D eigenvalue weighted by atomic mass is 19.2. The van der Waals surface area contributed by atoms with Crippen molar-refractivity contribution in [1.82, 2.24) is 15.2 Å². The number of hydrogen-bond donors (Lipinski definition) is 2. The number of aromatic amines is 1. The van der Waals surface area contributed by atoms with Crippen molar-refractivity contribution >= 4 is 5.69 Å². The van der Waals surface area contributed by atoms with E-state index in [2.05, 4.69) is 15.2 Å². The highest BCUT2D eigenvalue weighted by Gasteiger charge is 2.17. The van der Waals surface area contributed by atoms with Crippen LogP contribution in [0.3, 0.4) is 0 Å². The van der Waals surface area contributed by atoms with Crippen LogP contribution in [0.2, 0.25) is 0 Å². The summed E-state index contributed by atoms with van der Waals surface area (Å²) in [6, 6.07) is 9.10. The zero-order chi connectivity index (χ0) is 15.7. The van der Waals surface area contributed by atoms with Crippen molar-refractivity contribution in [3.63, 3.8) is 0 Å². The lowest BCUT2D eigenvalue weighted by atomic mass is 10.1. The normalized spacial score (nSPS) is 10.9. The molecule has 0 fully saturated rings. The van der Waals surface area contributed by atoms with Gasteiger partial charge in [-0.3, -0.25) is 5.10 Å². The monoisotopic (exact) mass is 304 g/mol. The molecule has 4 nitrogen and oxygen atoms in total. The first-order valence-corrected chi connectivity index (χ1v) is 6.44. The molecule has 0 aliphatic carbocycles. The summed E-state index contributed by atoms with van der Waals surface area (Å²) in [6.07, 6.45) is 0.429. The Hall–Kier alpha value is -2.83. The third-order valence-electron chi connectivity index (χ3n) is 3.16. The Morgan fingerprint density at radius 3 is 2.41 bits per heavy atom. The lowest BCUT2D eigenvalue weighted by Crippen LogP contribution is -1.95. The van der Waals surface area contributed by atoms with E-state index in [0.717, 1.165) is 17.7 Å². The number of nitrogens with two attached hydrogens (primary N) is 1. The Morgan fingerprint density at radius 2 is 1.68 bits per heavy atom. The first kappa shape index (κ1) is 14.1. The molecule has 0 bridgehead atoms. The van der Waals surface area contributed by atoms with Gasteiger partial charge in [0, 0.05) is 12.1 Å². The molecule has 0 amide bonds. The van der Waals surface area contributed by atoms with Gasteiger partial charge in [-0.2, -0.15) is 5.10 Å². The third-order valence-corrected chi connectivity index (χ3v) is 3.16. The maximum Gasteiger partial charge on any atom is 0.195 e. The highest BCUT2D eigenvalue weighted by Crippen LogP contribution is 2.23. The number of anilines is 1. The van der Waals surface area contributed by atoms with Gasteiger partial charge in [-0.05, 0) is 29.8 Å². The molecule has 0 aliphatic heterocycles. The number of rotatable bonds is 3. The molecule has 3 rings (SSSR count). The van der Waals surface area contributed by atoms with Gasteiger partial charge in [-0.25, -0.2) is 18.2 Å². The fourth-order valence-corrected chi connectivity index (χ4v) is 2.02. The molecule has 0 radical (unpaired) electrons. The summed E-state index contributed by atoms with van der Waals surface area (Å²) in [5.74, 6) is -3.65. The van der Waals surface area contributed by atoms with E-state index < -0.39 is 17.5 Å². The number of hydrogen-bond acceptors (Lipinski definition) is 3. The Bertz CT molecular complexity index is 812. The van der Waals surface area contributed by atoms with Gasteiger partial charge in [0.1, 0.15) is 5.82 Å². The zero-order valence-electron chi connectivity index (χ0n) is 11.3. The topological polar surface area (TPSA) is 67.6 Å². The number of benzene rings is 2. The molecule has 0 unspecified atom stereocenters. The predicted molar refractivity (Wildman–Crippen MR) is 75.4 cm³/mol. The summed E-state index contributed by atoms with van der Waals surface area (Å²) in [5, 5.41) is 6.50. The molecule has 0 aliphatic rings. The van der Waals surface area contributed by atoms with Gasteiger partial charge < -0.3 is 5.73 Å². The maximum absolute atomic E-state index is 13.7. The standard InChI is InChI=1S/C15H11F3N4/c16-11-6-5-10(13(17)14(11)18)15-20-12(21-22-15)7-8-1-3-9(19)4-2-8/h1-6H,7,19H2,(H,20,21,22). The van der Waals surface area contributed by atoms with Gasteiger partial charge in [-0.1, -0.05) is 12.1 Å². The number of nitrogen functional groups attached to an aromatic ring is 1. The largest absolute Gasteiger partial charge is 0.399 e. The van der Waals surface area contributed by atoms with Gasteiger partial charge in [0.25, 0.3) is 0 Å². The first-order valence-electron chi connectivity index (χ1n) is 6.44. The van der Waals surface area contributed by atoms with Crippen LogP contribution in [0.1, 0.15) is 11.4 Å². The van der Waals surface area contributed by atoms with Crippen LogP contribution < -0.4 is 5.73 Å². The zero-order valence-corrected chi connectivity index (χ0v) is 11.3. The molecule has 1 heterocycles. The average molecular weight is 304 g/mol. The number of nitrogens with one attached hydrogen (secondary N) is 1. The van der Waals surface area contributed by atoms with Crippen LogP contribution >= 0.6 is 0 Å². The number of H-pyrrole nitrogens is 1. The van der Waals surface area contributed by atoms with Crippen molar-refractivity contribution in [2.24, 2.45) is 0 Å². The molecule has 0 atom stereocenters. The Labute approximate surface area is 123 Å². The van der Waals surface area contributed by atoms with Crippen molar-refractivity contribution in [1.29, 1.82) is 0 Å². The van der Waals surface area contributed by atoms with Crippen LogP contribution in [0.25, 0.3) is 11.4 Å². The number of nitrogens with zero attached hydrogens (tertiary/aromatic N) is 2. The van der Waals surface area contributed by atoms with Crippen LogP contribution in [-0.2, 0) is 6.42 Å². The van der Waals surface area contributed by atoms with E-state index in [-0.39, 0.29) is 11.4 Å². The van der Waals surface area contributed by atoms with E-state index in [9.17, 15) is 13.2 Å². The average Bonchev–Trinajstić information content (AvgIpc) is 2.96. The molecule has 112 valence electrons. The Balaban J connectivity index is 1.88. The van der Waals surface area contributed by atoms with Crippen LogP contribution in [0.5, 0.6) is 0 Å². The van der Waals surface area contributed by atoms with E-state index in [1.807, 2.05) is 12.1 Å². The van der Waals surface area contributed by atoms with Gasteiger partial charge in [0.15, 0.2) is 23.3 Å². The van der Waals surface area contributed by atoms with E-state index in [1.165, 1.54) is 0 Å². The summed E-state index contributed by atoms with van der Waals surface area (Å²) in [6.45, 7) is 0. The van der Waals surface area contributed by atoms with Gasteiger partial charge in [-0.15, -0.1) is 0 Å². The van der Waals surface area contributed by atoms with Crippen molar-refractivity contribution in [2.75, 3.05) is 5.73 Å². The van der Waals surface area contributed by atoms with Gasteiger partial charge >= 0.3 is 0 Å². The Kier molecular flexibility index (Phi) is 3.54. The molecule has 7 heteroatoms. The van der Waals surface area contributed by atoms with Crippen molar-refractivity contribution in [2.45, 2.75) is 6.42 Å². The van der Waals surface area contributed by atoms with Crippen LogP contribution in [0, 0.1) is 17.5 Å². The quantitative estimate of drug-likeness (QED) is 0.577. The summed E-state index contributed by atoms with van der Waals surface area (Å²) < 4.78 is 39.9. The minimum atomic E-state index is -1.54. The predicted octanol–water partition coefficient (Wildman–Crippen LogP) is 3.06. The van der Waals surface area contributed by atoms with Crippen LogP contribution in [0.4, 0.5) is 18.9 Å². The minimum Gasteiger partial charge on any atom is -0.399 e. The maximum atomic E-state index is 13.7. The van der Waals surface area contributed by atoms with E-state index in [4.69, 9.17) is 5.73 Å². The second kappa shape index (κ2) is 5.51. The van der Waals surface area contributed by atoms with E-state index >= 15 is 0 Å². The summed E-state index contributed by atoms with van der Waals surface area (Å²) in [5.41, 5.74) is 6.98. The molecule has 0 saturated carbocycles. The minimum absolute atomic E-state index is 0.0261. The smallest absolute Gasteiger partial charge is 0.195 e. The van der Waals surface area contributed by atoms with Crippen LogP contribution in [0.15, 0.2) is 36.4 Å². The molecule has 2 aromatic carbocycles. The summed E-state index contributed by atoms with van der Waals surface area (Å²) in [7, 11) is 0. The fourth-order valence-electron chi connectivity index (χ4n) is 2.02. The van der Waals surface area contributed by atoms with Crippen molar-refractivity contribution < 1.29 is 13.2 Å². The Morgan fingerprint density at radius 1 is 0.955 bits per heavy atom. The summed E-state index contributed by atoms with van der Waals surface area (Å²) in [4.78, 5) is 4.10. The molecule has 22 heavy (non-hydrogen) atoms. The van der Waals surface area contributed by atoms with Crippen LogP contribution in [-0.4, -0.2) is 15.2 Å². The number of halogens is 3. The third kappa shape index (κ3) is 2.65. The molecule has 3 aromatic rings. The molecular weight excluding hydrogens is 293 g/mol. The van der Waals surface area contributed by atoms with E-state index in [1.54, 1.807) is 12.1 Å². The lowest BCUT2D eigenvalue weighted by Gasteiger charge is -2.00. The SMILES string of the molecule is Nc1ccc(Cc2nc(-c3ccc(F)c(F)c3F)n[nH]2)cc1.